The molecule has 1 unspecified atom stereocenters. The van der Waals surface area contributed by atoms with Crippen LogP contribution in [0.5, 0.6) is 5.88 Å². The molecule has 1 fully saturated rings. The fraction of sp³-hybridized carbons (Fsp3) is 0.632. The van der Waals surface area contributed by atoms with Gasteiger partial charge in [-0.15, -0.1) is 24.0 Å². The summed E-state index contributed by atoms with van der Waals surface area (Å²) in [7, 11) is 1.65. The van der Waals surface area contributed by atoms with Crippen LogP contribution >= 0.6 is 24.0 Å². The Morgan fingerprint density at radius 2 is 2.03 bits per heavy atom. The van der Waals surface area contributed by atoms with Crippen LogP contribution in [0.4, 0.5) is 18.0 Å². The number of amides is 1. The van der Waals surface area contributed by atoms with Crippen LogP contribution in [0.1, 0.15) is 32.8 Å². The summed E-state index contributed by atoms with van der Waals surface area (Å²) in [6.45, 7) is 7.30. The summed E-state index contributed by atoms with van der Waals surface area (Å²) < 4.78 is 48.2. The number of carbonyl (C=O) groups excluding carboxylic acids is 1. The number of carbonyl (C=O) groups is 1. The maximum absolute atomic E-state index is 12.5. The number of alkyl carbamates (subject to hydrolysis) is 1. The molecule has 2 heterocycles. The van der Waals surface area contributed by atoms with Gasteiger partial charge in [-0.25, -0.2) is 9.78 Å². The van der Waals surface area contributed by atoms with Gasteiger partial charge in [-0.1, -0.05) is 0 Å². The molecule has 1 amide bonds. The number of rotatable bonds is 5. The second-order valence-corrected chi connectivity index (χ2v) is 7.78. The highest BCUT2D eigenvalue weighted by atomic mass is 127. The van der Waals surface area contributed by atoms with Crippen LogP contribution in [0.3, 0.4) is 0 Å². The third-order valence-electron chi connectivity index (χ3n) is 4.12. The van der Waals surface area contributed by atoms with E-state index in [0.29, 0.717) is 25.6 Å². The Balaban J connectivity index is 0.00000480. The fourth-order valence-electron chi connectivity index (χ4n) is 2.83. The molecule has 1 saturated heterocycles. The number of likely N-dealkylation sites (tertiary alicyclic amines) is 1. The van der Waals surface area contributed by atoms with E-state index in [1.165, 1.54) is 6.07 Å². The first kappa shape index (κ1) is 27.0. The van der Waals surface area contributed by atoms with Gasteiger partial charge in [0.15, 0.2) is 5.96 Å². The molecule has 0 spiro atoms. The summed E-state index contributed by atoms with van der Waals surface area (Å²) in [5, 5.41) is 5.98. The second-order valence-electron chi connectivity index (χ2n) is 7.78. The molecule has 0 aliphatic carbocycles. The van der Waals surface area contributed by atoms with Gasteiger partial charge in [0, 0.05) is 32.4 Å². The molecule has 176 valence electrons. The molecule has 1 aliphatic rings. The van der Waals surface area contributed by atoms with Crippen LogP contribution in [-0.4, -0.2) is 66.9 Å². The quantitative estimate of drug-likeness (QED) is 0.249. The Labute approximate surface area is 197 Å². The number of ether oxygens (including phenoxy) is 2. The summed E-state index contributed by atoms with van der Waals surface area (Å²) in [6.07, 6.45) is -3.38. The van der Waals surface area contributed by atoms with Crippen molar-refractivity contribution in [3.05, 3.63) is 23.9 Å². The van der Waals surface area contributed by atoms with Crippen molar-refractivity contribution in [3.8, 4) is 5.88 Å². The van der Waals surface area contributed by atoms with E-state index in [2.05, 4.69) is 20.6 Å². The molecule has 0 bridgehead atoms. The van der Waals surface area contributed by atoms with Crippen LogP contribution in [0.25, 0.3) is 0 Å². The highest BCUT2D eigenvalue weighted by molar-refractivity contribution is 14.0. The van der Waals surface area contributed by atoms with Crippen molar-refractivity contribution >= 4 is 36.0 Å². The molecule has 0 radical (unpaired) electrons. The van der Waals surface area contributed by atoms with Crippen molar-refractivity contribution in [2.75, 3.05) is 33.3 Å². The van der Waals surface area contributed by atoms with Gasteiger partial charge < -0.3 is 25.0 Å². The second kappa shape index (κ2) is 11.6. The third-order valence-corrected chi connectivity index (χ3v) is 4.12. The lowest BCUT2D eigenvalue weighted by Gasteiger charge is -2.23. The molecule has 2 rings (SSSR count). The predicted molar refractivity (Wildman–Crippen MR) is 121 cm³/mol. The van der Waals surface area contributed by atoms with Crippen LogP contribution in [0, 0.1) is 0 Å². The van der Waals surface area contributed by atoms with E-state index in [1.54, 1.807) is 7.05 Å². The zero-order valence-electron chi connectivity index (χ0n) is 18.0. The molecule has 0 aromatic carbocycles. The van der Waals surface area contributed by atoms with Gasteiger partial charge in [0.05, 0.1) is 18.2 Å². The SMILES string of the molecule is CN=C(NCCOc1ccc(C(F)(F)F)cn1)N1CCC(NC(=O)OC(C)(C)C)C1.I. The molecule has 1 aliphatic heterocycles. The number of alkyl halides is 3. The molecule has 2 N–H and O–H groups in total. The van der Waals surface area contributed by atoms with Gasteiger partial charge in [0.1, 0.15) is 12.2 Å². The summed E-state index contributed by atoms with van der Waals surface area (Å²) >= 11 is 0. The van der Waals surface area contributed by atoms with E-state index in [0.717, 1.165) is 18.7 Å². The zero-order chi connectivity index (χ0) is 22.4. The van der Waals surface area contributed by atoms with Crippen molar-refractivity contribution in [2.45, 2.75) is 45.0 Å². The van der Waals surface area contributed by atoms with Gasteiger partial charge in [0.25, 0.3) is 0 Å². The Morgan fingerprint density at radius 1 is 1.32 bits per heavy atom. The molecule has 12 heteroatoms. The van der Waals surface area contributed by atoms with Gasteiger partial charge in [-0.05, 0) is 33.3 Å². The van der Waals surface area contributed by atoms with E-state index in [1.807, 2.05) is 25.7 Å². The summed E-state index contributed by atoms with van der Waals surface area (Å²) in [5.74, 6) is 0.759. The number of guanidine groups is 1. The number of nitrogens with zero attached hydrogens (tertiary/aromatic N) is 3. The summed E-state index contributed by atoms with van der Waals surface area (Å²) in [6, 6.07) is 2.06. The first-order valence-corrected chi connectivity index (χ1v) is 9.59. The largest absolute Gasteiger partial charge is 0.476 e. The average Bonchev–Trinajstić information content (AvgIpc) is 3.07. The van der Waals surface area contributed by atoms with E-state index in [9.17, 15) is 18.0 Å². The summed E-state index contributed by atoms with van der Waals surface area (Å²) in [4.78, 5) is 21.8. The molecule has 0 saturated carbocycles. The molecule has 1 aromatic rings. The fourth-order valence-corrected chi connectivity index (χ4v) is 2.83. The number of pyridine rings is 1. The van der Waals surface area contributed by atoms with Crippen molar-refractivity contribution in [1.82, 2.24) is 20.5 Å². The average molecular weight is 559 g/mol. The van der Waals surface area contributed by atoms with Crippen LogP contribution in [0.2, 0.25) is 0 Å². The molecule has 1 atom stereocenters. The van der Waals surface area contributed by atoms with Crippen LogP contribution < -0.4 is 15.4 Å². The minimum Gasteiger partial charge on any atom is -0.476 e. The zero-order valence-corrected chi connectivity index (χ0v) is 20.3. The van der Waals surface area contributed by atoms with E-state index < -0.39 is 23.4 Å². The molecular formula is C19H29F3IN5O3. The number of aromatic nitrogens is 1. The smallest absolute Gasteiger partial charge is 0.417 e. The maximum atomic E-state index is 12.5. The van der Waals surface area contributed by atoms with Gasteiger partial charge >= 0.3 is 12.3 Å². The van der Waals surface area contributed by atoms with Crippen LogP contribution in [0.15, 0.2) is 23.3 Å². The van der Waals surface area contributed by atoms with E-state index in [4.69, 9.17) is 9.47 Å². The maximum Gasteiger partial charge on any atom is 0.417 e. The number of nitrogens with one attached hydrogen (secondary N) is 2. The lowest BCUT2D eigenvalue weighted by molar-refractivity contribution is -0.137. The lowest BCUT2D eigenvalue weighted by Crippen LogP contribution is -2.45. The summed E-state index contributed by atoms with van der Waals surface area (Å²) in [5.41, 5.74) is -1.38. The van der Waals surface area contributed by atoms with Crippen molar-refractivity contribution in [2.24, 2.45) is 4.99 Å². The molecular weight excluding hydrogens is 530 g/mol. The monoisotopic (exact) mass is 559 g/mol. The normalized spacial score (nSPS) is 17.1. The number of hydrogen-bond acceptors (Lipinski definition) is 5. The molecule has 1 aromatic heterocycles. The Hall–Kier alpha value is -1.99. The lowest BCUT2D eigenvalue weighted by atomic mass is 10.2. The minimum atomic E-state index is -4.43. The number of hydrogen-bond donors (Lipinski definition) is 2. The molecule has 8 nitrogen and oxygen atoms in total. The van der Waals surface area contributed by atoms with Crippen LogP contribution in [-0.2, 0) is 10.9 Å². The highest BCUT2D eigenvalue weighted by Crippen LogP contribution is 2.29. The van der Waals surface area contributed by atoms with E-state index in [-0.39, 0.29) is 42.5 Å². The van der Waals surface area contributed by atoms with Gasteiger partial charge in [-0.2, -0.15) is 13.2 Å². The first-order valence-electron chi connectivity index (χ1n) is 9.59. The number of aliphatic imine (C=N–C) groups is 1. The van der Waals surface area contributed by atoms with Crippen molar-refractivity contribution in [1.29, 1.82) is 0 Å². The van der Waals surface area contributed by atoms with Crippen molar-refractivity contribution < 1.29 is 27.4 Å². The Bertz CT molecular complexity index is 739. The molecule has 31 heavy (non-hydrogen) atoms. The minimum absolute atomic E-state index is 0. The standard InChI is InChI=1S/C19H28F3N5O3.HI/c1-18(2,3)30-17(28)26-14-7-9-27(12-14)16(23-4)24-8-10-29-15-6-5-13(11-25-15)19(20,21)22;/h5-6,11,14H,7-10,12H2,1-4H3,(H,23,24)(H,26,28);1H. The number of halogens is 4. The Morgan fingerprint density at radius 3 is 2.58 bits per heavy atom. The highest BCUT2D eigenvalue weighted by Gasteiger charge is 2.31. The Kier molecular flexibility index (Phi) is 10.1. The van der Waals surface area contributed by atoms with E-state index >= 15 is 0 Å². The predicted octanol–water partition coefficient (Wildman–Crippen LogP) is 3.27. The topological polar surface area (TPSA) is 88.1 Å². The van der Waals surface area contributed by atoms with Crippen molar-refractivity contribution in [3.63, 3.8) is 0 Å². The first-order chi connectivity index (χ1) is 14.0. The van der Waals surface area contributed by atoms with Gasteiger partial charge in [-0.3, -0.25) is 4.99 Å². The van der Waals surface area contributed by atoms with Gasteiger partial charge in [0.2, 0.25) is 5.88 Å². The third kappa shape index (κ3) is 9.35.